The van der Waals surface area contributed by atoms with Gasteiger partial charge in [-0.15, -0.1) is 0 Å². The zero-order chi connectivity index (χ0) is 7.56. The SMILES string of the molecule is CC(C)C1=CC=CC(=O)C1. The van der Waals surface area contributed by atoms with Crippen molar-refractivity contribution in [3.8, 4) is 0 Å². The lowest BCUT2D eigenvalue weighted by Crippen LogP contribution is -2.04. The topological polar surface area (TPSA) is 17.1 Å². The summed E-state index contributed by atoms with van der Waals surface area (Å²) in [4.78, 5) is 10.9. The summed E-state index contributed by atoms with van der Waals surface area (Å²) in [5.41, 5.74) is 1.24. The molecule has 0 aromatic heterocycles. The van der Waals surface area contributed by atoms with Crippen LogP contribution in [0.15, 0.2) is 23.8 Å². The number of hydrogen-bond donors (Lipinski definition) is 0. The number of carbonyl (C=O) groups is 1. The van der Waals surface area contributed by atoms with Crippen LogP contribution < -0.4 is 0 Å². The van der Waals surface area contributed by atoms with Crippen molar-refractivity contribution < 1.29 is 4.79 Å². The Kier molecular flexibility index (Phi) is 2.05. The fourth-order valence-corrected chi connectivity index (χ4v) is 0.995. The maximum atomic E-state index is 10.9. The van der Waals surface area contributed by atoms with Crippen LogP contribution >= 0.6 is 0 Å². The van der Waals surface area contributed by atoms with Crippen LogP contribution in [0, 0.1) is 5.92 Å². The first-order valence-corrected chi connectivity index (χ1v) is 3.60. The third-order valence-corrected chi connectivity index (χ3v) is 1.71. The summed E-state index contributed by atoms with van der Waals surface area (Å²) in [6.45, 7) is 4.22. The van der Waals surface area contributed by atoms with E-state index in [2.05, 4.69) is 13.8 Å². The van der Waals surface area contributed by atoms with Crippen LogP contribution in [-0.4, -0.2) is 5.78 Å². The molecule has 0 spiro atoms. The van der Waals surface area contributed by atoms with Crippen molar-refractivity contribution in [2.24, 2.45) is 5.92 Å². The predicted octanol–water partition coefficient (Wildman–Crippen LogP) is 2.10. The third-order valence-electron chi connectivity index (χ3n) is 1.71. The molecule has 0 aromatic carbocycles. The van der Waals surface area contributed by atoms with Gasteiger partial charge in [-0.1, -0.05) is 31.6 Å². The maximum absolute atomic E-state index is 10.9. The first-order chi connectivity index (χ1) is 4.70. The van der Waals surface area contributed by atoms with Gasteiger partial charge in [-0.3, -0.25) is 4.79 Å². The molecule has 0 N–H and O–H groups in total. The molecule has 0 unspecified atom stereocenters. The van der Waals surface area contributed by atoms with Gasteiger partial charge in [0.05, 0.1) is 0 Å². The summed E-state index contributed by atoms with van der Waals surface area (Å²) in [6, 6.07) is 0. The quantitative estimate of drug-likeness (QED) is 0.539. The van der Waals surface area contributed by atoms with Gasteiger partial charge < -0.3 is 0 Å². The second kappa shape index (κ2) is 2.82. The fraction of sp³-hybridized carbons (Fsp3) is 0.444. The summed E-state index contributed by atoms with van der Waals surface area (Å²) in [5, 5.41) is 0. The molecule has 54 valence electrons. The Bertz CT molecular complexity index is 197. The summed E-state index contributed by atoms with van der Waals surface area (Å²) in [6.07, 6.45) is 6.12. The number of rotatable bonds is 1. The molecule has 0 bridgehead atoms. The van der Waals surface area contributed by atoms with E-state index in [-0.39, 0.29) is 5.78 Å². The van der Waals surface area contributed by atoms with Crippen molar-refractivity contribution in [1.82, 2.24) is 0 Å². The molecule has 10 heavy (non-hydrogen) atoms. The Labute approximate surface area is 61.4 Å². The Hall–Kier alpha value is -0.850. The van der Waals surface area contributed by atoms with E-state index >= 15 is 0 Å². The highest BCUT2D eigenvalue weighted by Crippen LogP contribution is 2.17. The highest BCUT2D eigenvalue weighted by Gasteiger charge is 2.08. The van der Waals surface area contributed by atoms with Crippen molar-refractivity contribution in [3.05, 3.63) is 23.8 Å². The lowest BCUT2D eigenvalue weighted by atomic mass is 9.94. The average Bonchev–Trinajstić information content (AvgIpc) is 1.88. The number of ketones is 1. The molecule has 1 aliphatic carbocycles. The fourth-order valence-electron chi connectivity index (χ4n) is 0.995. The molecule has 0 radical (unpaired) electrons. The van der Waals surface area contributed by atoms with Crippen LogP contribution in [0.25, 0.3) is 0 Å². The standard InChI is InChI=1S/C9H12O/c1-7(2)8-4-3-5-9(10)6-8/h3-5,7H,6H2,1-2H3. The molecule has 0 atom stereocenters. The van der Waals surface area contributed by atoms with E-state index in [1.165, 1.54) is 5.57 Å². The first kappa shape index (κ1) is 7.26. The molecule has 1 aliphatic rings. The number of allylic oxidation sites excluding steroid dienone is 4. The first-order valence-electron chi connectivity index (χ1n) is 3.60. The molecule has 0 saturated heterocycles. The Morgan fingerprint density at radius 3 is 2.60 bits per heavy atom. The molecule has 0 aliphatic heterocycles. The van der Waals surface area contributed by atoms with Crippen LogP contribution in [0.3, 0.4) is 0 Å². The second-order valence-electron chi connectivity index (χ2n) is 2.90. The van der Waals surface area contributed by atoms with E-state index < -0.39 is 0 Å². The van der Waals surface area contributed by atoms with Crippen LogP contribution in [0.4, 0.5) is 0 Å². The largest absolute Gasteiger partial charge is 0.294 e. The molecule has 0 heterocycles. The summed E-state index contributed by atoms with van der Waals surface area (Å²) in [5.74, 6) is 0.736. The molecular weight excluding hydrogens is 124 g/mol. The highest BCUT2D eigenvalue weighted by atomic mass is 16.1. The van der Waals surface area contributed by atoms with Crippen molar-refractivity contribution in [2.75, 3.05) is 0 Å². The number of hydrogen-bond acceptors (Lipinski definition) is 1. The second-order valence-corrected chi connectivity index (χ2v) is 2.90. The third kappa shape index (κ3) is 1.56. The summed E-state index contributed by atoms with van der Waals surface area (Å²) >= 11 is 0. The molecule has 1 nitrogen and oxygen atoms in total. The number of carbonyl (C=O) groups excluding carboxylic acids is 1. The molecule has 0 aromatic rings. The highest BCUT2D eigenvalue weighted by molar-refractivity contribution is 5.93. The van der Waals surface area contributed by atoms with E-state index in [0.717, 1.165) is 0 Å². The minimum absolute atomic E-state index is 0.228. The monoisotopic (exact) mass is 136 g/mol. The molecular formula is C9H12O. The Balaban J connectivity index is 2.70. The lowest BCUT2D eigenvalue weighted by molar-refractivity contribution is -0.114. The smallest absolute Gasteiger partial charge is 0.159 e. The Morgan fingerprint density at radius 2 is 2.20 bits per heavy atom. The van der Waals surface area contributed by atoms with Crippen molar-refractivity contribution in [1.29, 1.82) is 0 Å². The van der Waals surface area contributed by atoms with E-state index in [9.17, 15) is 4.79 Å². The molecule has 0 saturated carbocycles. The average molecular weight is 136 g/mol. The molecule has 1 heteroatoms. The zero-order valence-corrected chi connectivity index (χ0v) is 6.42. The van der Waals surface area contributed by atoms with Gasteiger partial charge in [-0.05, 0) is 12.0 Å². The van der Waals surface area contributed by atoms with Gasteiger partial charge in [0, 0.05) is 6.42 Å². The van der Waals surface area contributed by atoms with E-state index in [4.69, 9.17) is 0 Å². The molecule has 0 fully saturated rings. The lowest BCUT2D eigenvalue weighted by Gasteiger charge is -2.10. The van der Waals surface area contributed by atoms with E-state index in [1.807, 2.05) is 12.2 Å². The Morgan fingerprint density at radius 1 is 1.50 bits per heavy atom. The minimum atomic E-state index is 0.228. The van der Waals surface area contributed by atoms with Gasteiger partial charge in [0.15, 0.2) is 5.78 Å². The molecule has 0 amide bonds. The van der Waals surface area contributed by atoms with Crippen molar-refractivity contribution in [3.63, 3.8) is 0 Å². The summed E-state index contributed by atoms with van der Waals surface area (Å²) in [7, 11) is 0. The van der Waals surface area contributed by atoms with Crippen LogP contribution in [0.2, 0.25) is 0 Å². The van der Waals surface area contributed by atoms with Gasteiger partial charge >= 0.3 is 0 Å². The van der Waals surface area contributed by atoms with Crippen LogP contribution in [0.5, 0.6) is 0 Å². The summed E-state index contributed by atoms with van der Waals surface area (Å²) < 4.78 is 0. The van der Waals surface area contributed by atoms with Crippen molar-refractivity contribution >= 4 is 5.78 Å². The maximum Gasteiger partial charge on any atom is 0.159 e. The van der Waals surface area contributed by atoms with Gasteiger partial charge in [-0.2, -0.15) is 0 Å². The van der Waals surface area contributed by atoms with Gasteiger partial charge in [0.25, 0.3) is 0 Å². The van der Waals surface area contributed by atoms with E-state index in [1.54, 1.807) is 6.08 Å². The van der Waals surface area contributed by atoms with E-state index in [0.29, 0.717) is 12.3 Å². The van der Waals surface area contributed by atoms with Crippen molar-refractivity contribution in [2.45, 2.75) is 20.3 Å². The van der Waals surface area contributed by atoms with Crippen LogP contribution in [0.1, 0.15) is 20.3 Å². The zero-order valence-electron chi connectivity index (χ0n) is 6.42. The normalized spacial score (nSPS) is 17.9. The minimum Gasteiger partial charge on any atom is -0.294 e. The van der Waals surface area contributed by atoms with Gasteiger partial charge in [-0.25, -0.2) is 0 Å². The van der Waals surface area contributed by atoms with Gasteiger partial charge in [0.1, 0.15) is 0 Å². The predicted molar refractivity (Wildman–Crippen MR) is 41.7 cm³/mol. The molecule has 1 rings (SSSR count). The van der Waals surface area contributed by atoms with Gasteiger partial charge in [0.2, 0.25) is 0 Å². The van der Waals surface area contributed by atoms with Crippen LogP contribution in [-0.2, 0) is 4.79 Å².